The minimum atomic E-state index is -0.437. The molecule has 1 fully saturated rings. The Hall–Kier alpha value is -1.95. The maximum absolute atomic E-state index is 12.0. The third-order valence-corrected chi connectivity index (χ3v) is 4.00. The van der Waals surface area contributed by atoms with Crippen LogP contribution in [-0.2, 0) is 11.2 Å². The molecule has 22 heavy (non-hydrogen) atoms. The zero-order chi connectivity index (χ0) is 15.9. The summed E-state index contributed by atoms with van der Waals surface area (Å²) in [6.07, 6.45) is 3.42. The molecule has 0 bridgehead atoms. The molecule has 0 aliphatic carbocycles. The number of nitro groups is 1. The van der Waals surface area contributed by atoms with Crippen molar-refractivity contribution in [2.24, 2.45) is 0 Å². The number of carbonyl (C=O) groups is 1. The standard InChI is InChI=1S/C16H23N3O3/c1-2-9-18-10-7-14(8-11-18)17-16(20)12-13-3-5-15(6-4-13)19(21)22/h3-6,14H,2,7-12H2,1H3,(H,17,20). The van der Waals surface area contributed by atoms with Crippen LogP contribution in [0.25, 0.3) is 0 Å². The van der Waals surface area contributed by atoms with Crippen LogP contribution in [0.2, 0.25) is 0 Å². The molecule has 6 heteroatoms. The van der Waals surface area contributed by atoms with Gasteiger partial charge in [-0.25, -0.2) is 0 Å². The normalized spacial score (nSPS) is 16.4. The Balaban J connectivity index is 1.77. The maximum atomic E-state index is 12.0. The second-order valence-electron chi connectivity index (χ2n) is 5.78. The lowest BCUT2D eigenvalue weighted by Crippen LogP contribution is -2.45. The van der Waals surface area contributed by atoms with Gasteiger partial charge in [-0.05, 0) is 31.4 Å². The van der Waals surface area contributed by atoms with Gasteiger partial charge in [0.1, 0.15) is 0 Å². The van der Waals surface area contributed by atoms with E-state index in [4.69, 9.17) is 0 Å². The Morgan fingerprint density at radius 3 is 2.50 bits per heavy atom. The molecule has 1 aromatic rings. The monoisotopic (exact) mass is 305 g/mol. The van der Waals surface area contributed by atoms with Gasteiger partial charge in [-0.1, -0.05) is 19.1 Å². The molecule has 120 valence electrons. The third-order valence-electron chi connectivity index (χ3n) is 4.00. The number of nitrogens with one attached hydrogen (secondary N) is 1. The molecule has 2 rings (SSSR count). The van der Waals surface area contributed by atoms with Crippen LogP contribution in [0.5, 0.6) is 0 Å². The van der Waals surface area contributed by atoms with E-state index in [1.165, 1.54) is 12.1 Å². The van der Waals surface area contributed by atoms with Gasteiger partial charge >= 0.3 is 0 Å². The topological polar surface area (TPSA) is 75.5 Å². The van der Waals surface area contributed by atoms with Crippen molar-refractivity contribution in [2.75, 3.05) is 19.6 Å². The Morgan fingerprint density at radius 1 is 1.32 bits per heavy atom. The second-order valence-corrected chi connectivity index (χ2v) is 5.78. The summed E-state index contributed by atoms with van der Waals surface area (Å²) < 4.78 is 0. The van der Waals surface area contributed by atoms with Crippen molar-refractivity contribution < 1.29 is 9.72 Å². The number of rotatable bonds is 6. The molecule has 6 nitrogen and oxygen atoms in total. The molecule has 1 aromatic carbocycles. The Labute approximate surface area is 130 Å². The zero-order valence-corrected chi connectivity index (χ0v) is 13.0. The van der Waals surface area contributed by atoms with Crippen LogP contribution in [0, 0.1) is 10.1 Å². The highest BCUT2D eigenvalue weighted by molar-refractivity contribution is 5.78. The minimum Gasteiger partial charge on any atom is -0.353 e. The van der Waals surface area contributed by atoms with Crippen LogP contribution in [0.4, 0.5) is 5.69 Å². The van der Waals surface area contributed by atoms with Crippen molar-refractivity contribution in [2.45, 2.75) is 38.6 Å². The number of non-ortho nitro benzene ring substituents is 1. The number of piperidine rings is 1. The lowest BCUT2D eigenvalue weighted by molar-refractivity contribution is -0.384. The Morgan fingerprint density at radius 2 is 1.95 bits per heavy atom. The number of benzene rings is 1. The number of hydrogen-bond donors (Lipinski definition) is 1. The summed E-state index contributed by atoms with van der Waals surface area (Å²) >= 11 is 0. The van der Waals surface area contributed by atoms with E-state index in [-0.39, 0.29) is 24.1 Å². The van der Waals surface area contributed by atoms with Crippen LogP contribution in [0.1, 0.15) is 31.7 Å². The van der Waals surface area contributed by atoms with Gasteiger partial charge in [0.2, 0.25) is 5.91 Å². The molecule has 1 aliphatic heterocycles. The van der Waals surface area contributed by atoms with E-state index in [0.29, 0.717) is 0 Å². The Kier molecular flexibility index (Phi) is 5.89. The van der Waals surface area contributed by atoms with Gasteiger partial charge in [-0.3, -0.25) is 14.9 Å². The summed E-state index contributed by atoms with van der Waals surface area (Å²) in [7, 11) is 0. The van der Waals surface area contributed by atoms with Crippen LogP contribution in [0.15, 0.2) is 24.3 Å². The zero-order valence-electron chi connectivity index (χ0n) is 13.0. The quantitative estimate of drug-likeness (QED) is 0.645. The molecule has 0 radical (unpaired) electrons. The number of carbonyl (C=O) groups excluding carboxylic acids is 1. The SMILES string of the molecule is CCCN1CCC(NC(=O)Cc2ccc([N+](=O)[O-])cc2)CC1. The average Bonchev–Trinajstić information content (AvgIpc) is 2.50. The van der Waals surface area contributed by atoms with E-state index in [1.807, 2.05) is 0 Å². The van der Waals surface area contributed by atoms with Crippen molar-refractivity contribution in [3.05, 3.63) is 39.9 Å². The molecule has 0 aromatic heterocycles. The van der Waals surface area contributed by atoms with Crippen LogP contribution in [-0.4, -0.2) is 41.4 Å². The lowest BCUT2D eigenvalue weighted by atomic mass is 10.0. The van der Waals surface area contributed by atoms with Crippen LogP contribution in [0.3, 0.4) is 0 Å². The van der Waals surface area contributed by atoms with Gasteiger partial charge in [0.05, 0.1) is 11.3 Å². The fourth-order valence-corrected chi connectivity index (χ4v) is 2.82. The average molecular weight is 305 g/mol. The molecule has 1 aliphatic rings. The fourth-order valence-electron chi connectivity index (χ4n) is 2.82. The molecular weight excluding hydrogens is 282 g/mol. The molecule has 1 saturated heterocycles. The first-order valence-electron chi connectivity index (χ1n) is 7.83. The highest BCUT2D eigenvalue weighted by Gasteiger charge is 2.20. The van der Waals surface area contributed by atoms with Gasteiger partial charge in [-0.2, -0.15) is 0 Å². The summed E-state index contributed by atoms with van der Waals surface area (Å²) in [4.78, 5) is 24.6. The van der Waals surface area contributed by atoms with E-state index >= 15 is 0 Å². The number of nitrogens with zero attached hydrogens (tertiary/aromatic N) is 2. The second kappa shape index (κ2) is 7.89. The fraction of sp³-hybridized carbons (Fsp3) is 0.562. The van der Waals surface area contributed by atoms with E-state index in [1.54, 1.807) is 12.1 Å². The van der Waals surface area contributed by atoms with E-state index < -0.39 is 4.92 Å². The number of nitro benzene ring substituents is 1. The first kappa shape index (κ1) is 16.4. The highest BCUT2D eigenvalue weighted by atomic mass is 16.6. The Bertz CT molecular complexity index is 508. The maximum Gasteiger partial charge on any atom is 0.269 e. The smallest absolute Gasteiger partial charge is 0.269 e. The van der Waals surface area contributed by atoms with Gasteiger partial charge in [0, 0.05) is 31.3 Å². The summed E-state index contributed by atoms with van der Waals surface area (Å²) in [5, 5.41) is 13.7. The largest absolute Gasteiger partial charge is 0.353 e. The van der Waals surface area contributed by atoms with Gasteiger partial charge in [0.15, 0.2) is 0 Å². The first-order valence-corrected chi connectivity index (χ1v) is 7.83. The number of amides is 1. The summed E-state index contributed by atoms with van der Waals surface area (Å²) in [5.74, 6) is -0.0113. The molecule has 0 saturated carbocycles. The van der Waals surface area contributed by atoms with Crippen molar-refractivity contribution >= 4 is 11.6 Å². The number of hydrogen-bond acceptors (Lipinski definition) is 4. The molecule has 1 heterocycles. The summed E-state index contributed by atoms with van der Waals surface area (Å²) in [6, 6.07) is 6.40. The van der Waals surface area contributed by atoms with Crippen molar-refractivity contribution in [3.63, 3.8) is 0 Å². The number of likely N-dealkylation sites (tertiary alicyclic amines) is 1. The third kappa shape index (κ3) is 4.80. The van der Waals surface area contributed by atoms with Crippen molar-refractivity contribution in [1.29, 1.82) is 0 Å². The van der Waals surface area contributed by atoms with E-state index in [2.05, 4.69) is 17.1 Å². The minimum absolute atomic E-state index is 0.0113. The predicted molar refractivity (Wildman–Crippen MR) is 84.7 cm³/mol. The van der Waals surface area contributed by atoms with Gasteiger partial charge < -0.3 is 10.2 Å². The molecule has 1 N–H and O–H groups in total. The molecule has 1 amide bonds. The predicted octanol–water partition coefficient (Wildman–Crippen LogP) is 2.13. The van der Waals surface area contributed by atoms with Crippen molar-refractivity contribution in [1.82, 2.24) is 10.2 Å². The lowest BCUT2D eigenvalue weighted by Gasteiger charge is -2.32. The van der Waals surface area contributed by atoms with E-state index in [0.717, 1.165) is 44.5 Å². The van der Waals surface area contributed by atoms with Gasteiger partial charge in [-0.15, -0.1) is 0 Å². The summed E-state index contributed by atoms with van der Waals surface area (Å²) in [6.45, 7) is 5.38. The highest BCUT2D eigenvalue weighted by Crippen LogP contribution is 2.13. The molecular formula is C16H23N3O3. The molecule has 0 spiro atoms. The van der Waals surface area contributed by atoms with Crippen LogP contribution < -0.4 is 5.32 Å². The van der Waals surface area contributed by atoms with Gasteiger partial charge in [0.25, 0.3) is 5.69 Å². The first-order chi connectivity index (χ1) is 10.6. The van der Waals surface area contributed by atoms with E-state index in [9.17, 15) is 14.9 Å². The molecule has 0 unspecified atom stereocenters. The van der Waals surface area contributed by atoms with Crippen LogP contribution >= 0.6 is 0 Å². The summed E-state index contributed by atoms with van der Waals surface area (Å²) in [5.41, 5.74) is 0.846. The van der Waals surface area contributed by atoms with Crippen molar-refractivity contribution in [3.8, 4) is 0 Å². The molecule has 0 atom stereocenters.